The van der Waals surface area contributed by atoms with Crippen molar-refractivity contribution >= 4 is 16.9 Å². The summed E-state index contributed by atoms with van der Waals surface area (Å²) in [6.45, 7) is 9.25. The molecule has 0 saturated carbocycles. The number of hydrogen-bond acceptors (Lipinski definition) is 5. The van der Waals surface area contributed by atoms with Crippen LogP contribution >= 0.6 is 0 Å². The van der Waals surface area contributed by atoms with Crippen LogP contribution in [0.5, 0.6) is 5.75 Å². The lowest BCUT2D eigenvalue weighted by Crippen LogP contribution is -2.44. The molecule has 1 fully saturated rings. The number of nitrogens with one attached hydrogen (secondary N) is 1. The Kier molecular flexibility index (Phi) is 7.68. The predicted molar refractivity (Wildman–Crippen MR) is 132 cm³/mol. The molecule has 0 spiro atoms. The fourth-order valence-electron chi connectivity index (χ4n) is 4.89. The molecule has 4 rings (SSSR count). The van der Waals surface area contributed by atoms with Gasteiger partial charge in [0.2, 0.25) is 0 Å². The number of hydrogen-bond donors (Lipinski definition) is 1. The number of methoxy groups -OCH3 is 1. The van der Waals surface area contributed by atoms with Crippen molar-refractivity contribution in [3.8, 4) is 5.75 Å². The molecule has 6 nitrogen and oxygen atoms in total. The van der Waals surface area contributed by atoms with Gasteiger partial charge in [-0.15, -0.1) is 0 Å². The van der Waals surface area contributed by atoms with Gasteiger partial charge in [0.05, 0.1) is 19.2 Å². The minimum absolute atomic E-state index is 0.295. The zero-order valence-corrected chi connectivity index (χ0v) is 20.0. The molecule has 1 aromatic heterocycles. The summed E-state index contributed by atoms with van der Waals surface area (Å²) in [5.74, 6) is 0.472. The van der Waals surface area contributed by atoms with Gasteiger partial charge < -0.3 is 14.5 Å². The molecule has 0 bridgehead atoms. The minimum atomic E-state index is -0.295. The number of likely N-dealkylation sites (tertiary alicyclic amines) is 1. The second kappa shape index (κ2) is 10.9. The second-order valence-corrected chi connectivity index (χ2v) is 8.67. The van der Waals surface area contributed by atoms with Crippen LogP contribution in [-0.4, -0.2) is 60.1 Å². The largest absolute Gasteiger partial charge is 0.497 e. The lowest BCUT2D eigenvalue weighted by molar-refractivity contribution is 0.0515. The van der Waals surface area contributed by atoms with Crippen molar-refractivity contribution in [2.45, 2.75) is 45.8 Å². The van der Waals surface area contributed by atoms with E-state index in [4.69, 9.17) is 9.47 Å². The molecule has 2 aromatic carbocycles. The normalized spacial score (nSPS) is 15.3. The molecule has 1 N–H and O–H groups in total. The summed E-state index contributed by atoms with van der Waals surface area (Å²) in [7, 11) is 1.65. The number of aromatic amines is 1. The Morgan fingerprint density at radius 2 is 1.88 bits per heavy atom. The molecule has 0 amide bonds. The smallest absolute Gasteiger partial charge is 0.355 e. The highest BCUT2D eigenvalue weighted by atomic mass is 16.5. The van der Waals surface area contributed by atoms with Crippen molar-refractivity contribution in [2.75, 3.05) is 33.4 Å². The summed E-state index contributed by atoms with van der Waals surface area (Å²) < 4.78 is 10.7. The molecule has 0 atom stereocenters. The van der Waals surface area contributed by atoms with Gasteiger partial charge in [0.1, 0.15) is 11.4 Å². The Balaban J connectivity index is 1.50. The summed E-state index contributed by atoms with van der Waals surface area (Å²) in [6, 6.07) is 17.1. The molecule has 0 radical (unpaired) electrons. The van der Waals surface area contributed by atoms with Crippen LogP contribution in [0.4, 0.5) is 0 Å². The summed E-state index contributed by atoms with van der Waals surface area (Å²) in [6.07, 6.45) is 2.26. The van der Waals surface area contributed by atoms with E-state index in [0.29, 0.717) is 18.3 Å². The number of rotatable bonds is 9. The number of H-pyrrole nitrogens is 1. The highest BCUT2D eigenvalue weighted by molar-refractivity contribution is 5.98. The SMILES string of the molecule is CCOC(=O)c1[nH]c2cc(OC)ccc2c1CN(CC)C1CCN(Cc2ccccc2)CC1. The molecular weight excluding hydrogens is 414 g/mol. The van der Waals surface area contributed by atoms with E-state index in [-0.39, 0.29) is 5.97 Å². The standard InChI is InChI=1S/C27H35N3O3/c1-4-30(21-13-15-29(16-14-21)18-20-9-7-6-8-10-20)19-24-23-12-11-22(32-3)17-25(23)28-26(24)27(31)33-5-2/h6-12,17,21,28H,4-5,13-16,18-19H2,1-3H3. The van der Waals surface area contributed by atoms with Crippen molar-refractivity contribution < 1.29 is 14.3 Å². The van der Waals surface area contributed by atoms with Gasteiger partial charge in [0.15, 0.2) is 0 Å². The fraction of sp³-hybridized carbons (Fsp3) is 0.444. The first kappa shape index (κ1) is 23.3. The Hall–Kier alpha value is -2.83. The van der Waals surface area contributed by atoms with E-state index >= 15 is 0 Å². The number of esters is 1. The second-order valence-electron chi connectivity index (χ2n) is 8.67. The predicted octanol–water partition coefficient (Wildman–Crippen LogP) is 4.84. The average molecular weight is 450 g/mol. The Morgan fingerprint density at radius 3 is 2.55 bits per heavy atom. The van der Waals surface area contributed by atoms with E-state index in [9.17, 15) is 4.79 Å². The number of carbonyl (C=O) groups is 1. The first-order valence-electron chi connectivity index (χ1n) is 12.0. The van der Waals surface area contributed by atoms with E-state index < -0.39 is 0 Å². The van der Waals surface area contributed by atoms with E-state index in [1.165, 1.54) is 5.56 Å². The van der Waals surface area contributed by atoms with Crippen LogP contribution in [0.2, 0.25) is 0 Å². The van der Waals surface area contributed by atoms with Crippen LogP contribution in [0.15, 0.2) is 48.5 Å². The molecule has 33 heavy (non-hydrogen) atoms. The Bertz CT molecular complexity index is 1060. The average Bonchev–Trinajstić information content (AvgIpc) is 3.21. The van der Waals surface area contributed by atoms with Crippen LogP contribution in [0, 0.1) is 0 Å². The van der Waals surface area contributed by atoms with Crippen molar-refractivity contribution in [1.82, 2.24) is 14.8 Å². The molecule has 6 heteroatoms. The van der Waals surface area contributed by atoms with E-state index in [0.717, 1.165) is 67.8 Å². The van der Waals surface area contributed by atoms with Gasteiger partial charge in [-0.1, -0.05) is 37.3 Å². The van der Waals surface area contributed by atoms with Gasteiger partial charge in [-0.25, -0.2) is 4.79 Å². The Morgan fingerprint density at radius 1 is 1.12 bits per heavy atom. The fourth-order valence-corrected chi connectivity index (χ4v) is 4.89. The molecule has 0 unspecified atom stereocenters. The van der Waals surface area contributed by atoms with Crippen LogP contribution in [0.25, 0.3) is 10.9 Å². The molecule has 1 aliphatic rings. The third-order valence-electron chi connectivity index (χ3n) is 6.68. The van der Waals surface area contributed by atoms with Gasteiger partial charge in [0.25, 0.3) is 0 Å². The van der Waals surface area contributed by atoms with Crippen LogP contribution in [0.3, 0.4) is 0 Å². The lowest BCUT2D eigenvalue weighted by Gasteiger charge is -2.38. The number of aromatic nitrogens is 1. The van der Waals surface area contributed by atoms with Crippen molar-refractivity contribution in [2.24, 2.45) is 0 Å². The molecular formula is C27H35N3O3. The summed E-state index contributed by atoms with van der Waals surface area (Å²) in [5, 5.41) is 1.05. The maximum Gasteiger partial charge on any atom is 0.355 e. The molecule has 1 aliphatic heterocycles. The van der Waals surface area contributed by atoms with Crippen molar-refractivity contribution in [1.29, 1.82) is 0 Å². The minimum Gasteiger partial charge on any atom is -0.497 e. The van der Waals surface area contributed by atoms with Crippen molar-refractivity contribution in [3.05, 3.63) is 65.4 Å². The Labute approximate surface area is 196 Å². The lowest BCUT2D eigenvalue weighted by atomic mass is 10.0. The number of fused-ring (bicyclic) bond motifs is 1. The van der Waals surface area contributed by atoms with Crippen LogP contribution < -0.4 is 4.74 Å². The number of ether oxygens (including phenoxy) is 2. The molecule has 3 aromatic rings. The van der Waals surface area contributed by atoms with Gasteiger partial charge in [0, 0.05) is 36.1 Å². The number of piperidine rings is 1. The monoisotopic (exact) mass is 449 g/mol. The number of carbonyl (C=O) groups excluding carboxylic acids is 1. The van der Waals surface area contributed by atoms with Crippen molar-refractivity contribution in [3.63, 3.8) is 0 Å². The molecule has 2 heterocycles. The first-order valence-corrected chi connectivity index (χ1v) is 12.0. The summed E-state index contributed by atoms with van der Waals surface area (Å²) in [5.41, 5.74) is 3.84. The van der Waals surface area contributed by atoms with Gasteiger partial charge >= 0.3 is 5.97 Å². The van der Waals surface area contributed by atoms with E-state index in [1.807, 2.05) is 25.1 Å². The zero-order valence-electron chi connectivity index (χ0n) is 20.0. The maximum absolute atomic E-state index is 12.7. The third-order valence-corrected chi connectivity index (χ3v) is 6.68. The topological polar surface area (TPSA) is 57.8 Å². The van der Waals surface area contributed by atoms with Crippen LogP contribution in [-0.2, 0) is 17.8 Å². The summed E-state index contributed by atoms with van der Waals surface area (Å²) in [4.78, 5) is 21.1. The first-order chi connectivity index (χ1) is 16.1. The third kappa shape index (κ3) is 5.40. The van der Waals surface area contributed by atoms with E-state index in [2.05, 4.69) is 52.0 Å². The van der Waals surface area contributed by atoms with Crippen LogP contribution in [0.1, 0.15) is 48.3 Å². The molecule has 1 saturated heterocycles. The van der Waals surface area contributed by atoms with Gasteiger partial charge in [-0.3, -0.25) is 9.80 Å². The van der Waals surface area contributed by atoms with E-state index in [1.54, 1.807) is 7.11 Å². The quantitative estimate of drug-likeness (QED) is 0.474. The van der Waals surface area contributed by atoms with Gasteiger partial charge in [-0.2, -0.15) is 0 Å². The summed E-state index contributed by atoms with van der Waals surface area (Å²) >= 11 is 0. The maximum atomic E-state index is 12.7. The zero-order chi connectivity index (χ0) is 23.2. The number of nitrogens with zero attached hydrogens (tertiary/aromatic N) is 2. The number of benzene rings is 2. The van der Waals surface area contributed by atoms with Gasteiger partial charge in [-0.05, 0) is 57.1 Å². The molecule has 176 valence electrons. The highest BCUT2D eigenvalue weighted by Crippen LogP contribution is 2.30. The highest BCUT2D eigenvalue weighted by Gasteiger charge is 2.27. The molecule has 0 aliphatic carbocycles.